The first-order chi connectivity index (χ1) is 17.0. The number of piperazine rings is 1. The van der Waals surface area contributed by atoms with Crippen molar-refractivity contribution in [3.05, 3.63) is 45.9 Å². The van der Waals surface area contributed by atoms with Crippen LogP contribution in [0, 0.1) is 0 Å². The second-order valence-corrected chi connectivity index (χ2v) is 10.6. The SMILES string of the molecule is CN1CCN(CCCN(Cc2ccc(C(=O)Cc3cscc3N)nc2)C(=O)NC2CCCC2)CC1. The lowest BCUT2D eigenvalue weighted by molar-refractivity contribution is 0.0988. The first-order valence-electron chi connectivity index (χ1n) is 12.7. The lowest BCUT2D eigenvalue weighted by Gasteiger charge is -2.33. The number of amides is 2. The van der Waals surface area contributed by atoms with Gasteiger partial charge in [0, 0.05) is 69.0 Å². The Morgan fingerprint density at radius 3 is 2.60 bits per heavy atom. The molecule has 2 aromatic heterocycles. The van der Waals surface area contributed by atoms with Crippen LogP contribution in [-0.2, 0) is 13.0 Å². The minimum absolute atomic E-state index is 0.00311. The standard InChI is InChI=1S/C26H38N6O2S/c1-30-11-13-31(14-12-30)9-4-10-32(26(34)29-22-5-2-3-6-22)17-20-7-8-24(28-16-20)25(33)15-21-18-35-19-23(21)27/h7-8,16,18-19,22H,2-6,9-15,17,27H2,1H3,(H,29,34). The molecular weight excluding hydrogens is 460 g/mol. The minimum atomic E-state index is -0.0512. The van der Waals surface area contributed by atoms with Gasteiger partial charge in [-0.3, -0.25) is 9.78 Å². The van der Waals surface area contributed by atoms with Crippen LogP contribution in [0.25, 0.3) is 0 Å². The Balaban J connectivity index is 1.34. The number of hydrogen-bond acceptors (Lipinski definition) is 7. The number of nitrogens with one attached hydrogen (secondary N) is 1. The molecule has 1 aliphatic heterocycles. The first kappa shape index (κ1) is 25.6. The number of anilines is 1. The molecule has 9 heteroatoms. The molecule has 0 unspecified atom stereocenters. The van der Waals surface area contributed by atoms with Crippen molar-refractivity contribution in [3.8, 4) is 0 Å². The molecule has 2 fully saturated rings. The van der Waals surface area contributed by atoms with Gasteiger partial charge in [-0.25, -0.2) is 4.79 Å². The van der Waals surface area contributed by atoms with Gasteiger partial charge in [0.1, 0.15) is 5.69 Å². The van der Waals surface area contributed by atoms with E-state index in [1.807, 2.05) is 21.7 Å². The van der Waals surface area contributed by atoms with Crippen molar-refractivity contribution in [3.63, 3.8) is 0 Å². The molecule has 1 saturated carbocycles. The van der Waals surface area contributed by atoms with E-state index in [0.717, 1.165) is 63.1 Å². The van der Waals surface area contributed by atoms with E-state index in [9.17, 15) is 9.59 Å². The number of nitrogen functional groups attached to an aromatic ring is 1. The lowest BCUT2D eigenvalue weighted by Crippen LogP contribution is -2.46. The Bertz CT molecular complexity index is 964. The van der Waals surface area contributed by atoms with Crippen LogP contribution in [0.2, 0.25) is 0 Å². The zero-order valence-electron chi connectivity index (χ0n) is 20.7. The van der Waals surface area contributed by atoms with Gasteiger partial charge >= 0.3 is 6.03 Å². The number of thiophene rings is 1. The van der Waals surface area contributed by atoms with E-state index in [2.05, 4.69) is 27.1 Å². The molecule has 1 aliphatic carbocycles. The number of urea groups is 1. The average molecular weight is 499 g/mol. The summed E-state index contributed by atoms with van der Waals surface area (Å²) >= 11 is 1.50. The highest BCUT2D eigenvalue weighted by Crippen LogP contribution is 2.20. The molecule has 8 nitrogen and oxygen atoms in total. The number of Topliss-reactive ketones (excluding diaryl/α,β-unsaturated/α-hetero) is 1. The molecule has 4 rings (SSSR count). The maximum absolute atomic E-state index is 13.1. The summed E-state index contributed by atoms with van der Waals surface area (Å²) in [4.78, 5) is 36.9. The molecule has 3 N–H and O–H groups in total. The molecule has 0 bridgehead atoms. The fourth-order valence-electron chi connectivity index (χ4n) is 4.79. The molecule has 190 valence electrons. The third-order valence-corrected chi connectivity index (χ3v) is 7.89. The van der Waals surface area contributed by atoms with Crippen LogP contribution in [0.1, 0.15) is 53.7 Å². The van der Waals surface area contributed by atoms with Crippen molar-refractivity contribution in [1.82, 2.24) is 25.0 Å². The summed E-state index contributed by atoms with van der Waals surface area (Å²) in [5.41, 5.74) is 8.77. The number of likely N-dealkylation sites (N-methyl/N-ethyl adjacent to an activating group) is 1. The number of hydrogen-bond donors (Lipinski definition) is 2. The smallest absolute Gasteiger partial charge is 0.317 e. The number of nitrogens with two attached hydrogens (primary N) is 1. The average Bonchev–Trinajstić information content (AvgIpc) is 3.52. The van der Waals surface area contributed by atoms with Crippen molar-refractivity contribution in [2.75, 3.05) is 52.0 Å². The molecule has 2 amide bonds. The predicted molar refractivity (Wildman–Crippen MR) is 141 cm³/mol. The van der Waals surface area contributed by atoms with E-state index in [1.54, 1.807) is 12.3 Å². The fraction of sp³-hybridized carbons (Fsp3) is 0.577. The van der Waals surface area contributed by atoms with Crippen molar-refractivity contribution < 1.29 is 9.59 Å². The van der Waals surface area contributed by atoms with Gasteiger partial charge in [0.15, 0.2) is 5.78 Å². The summed E-state index contributed by atoms with van der Waals surface area (Å²) in [5, 5.41) is 6.98. The Morgan fingerprint density at radius 2 is 1.94 bits per heavy atom. The van der Waals surface area contributed by atoms with Gasteiger partial charge in [-0.2, -0.15) is 0 Å². The summed E-state index contributed by atoms with van der Waals surface area (Å²) < 4.78 is 0. The summed E-state index contributed by atoms with van der Waals surface area (Å²) in [7, 11) is 2.16. The second-order valence-electron chi connectivity index (χ2n) is 9.85. The van der Waals surface area contributed by atoms with Crippen LogP contribution >= 0.6 is 11.3 Å². The molecule has 0 atom stereocenters. The van der Waals surface area contributed by atoms with E-state index in [4.69, 9.17) is 5.73 Å². The molecule has 0 radical (unpaired) electrons. The van der Waals surface area contributed by atoms with E-state index in [0.29, 0.717) is 24.5 Å². The quantitative estimate of drug-likeness (QED) is 0.489. The van der Waals surface area contributed by atoms with Crippen molar-refractivity contribution in [2.24, 2.45) is 0 Å². The topological polar surface area (TPSA) is 94.8 Å². The van der Waals surface area contributed by atoms with Crippen LogP contribution in [0.3, 0.4) is 0 Å². The van der Waals surface area contributed by atoms with Crippen LogP contribution in [0.4, 0.5) is 10.5 Å². The van der Waals surface area contributed by atoms with E-state index in [-0.39, 0.29) is 24.3 Å². The second kappa shape index (κ2) is 12.5. The van der Waals surface area contributed by atoms with Gasteiger partial charge < -0.3 is 25.8 Å². The van der Waals surface area contributed by atoms with Gasteiger partial charge in [-0.15, -0.1) is 11.3 Å². The maximum Gasteiger partial charge on any atom is 0.317 e. The van der Waals surface area contributed by atoms with Gasteiger partial charge in [0.05, 0.1) is 0 Å². The Kier molecular flexibility index (Phi) is 9.12. The monoisotopic (exact) mass is 498 g/mol. The zero-order chi connectivity index (χ0) is 24.6. The molecule has 2 aromatic rings. The van der Waals surface area contributed by atoms with E-state index in [1.165, 1.54) is 24.2 Å². The predicted octanol–water partition coefficient (Wildman–Crippen LogP) is 3.24. The van der Waals surface area contributed by atoms with Gasteiger partial charge in [0.25, 0.3) is 0 Å². The molecular formula is C26H38N6O2S. The largest absolute Gasteiger partial charge is 0.398 e. The molecule has 1 saturated heterocycles. The highest BCUT2D eigenvalue weighted by atomic mass is 32.1. The minimum Gasteiger partial charge on any atom is -0.398 e. The number of aromatic nitrogens is 1. The highest BCUT2D eigenvalue weighted by molar-refractivity contribution is 7.08. The summed E-state index contributed by atoms with van der Waals surface area (Å²) in [6.07, 6.45) is 7.41. The highest BCUT2D eigenvalue weighted by Gasteiger charge is 2.22. The van der Waals surface area contributed by atoms with Crippen LogP contribution in [0.5, 0.6) is 0 Å². The summed E-state index contributed by atoms with van der Waals surface area (Å²) in [6, 6.07) is 3.96. The van der Waals surface area contributed by atoms with Crippen LogP contribution in [0.15, 0.2) is 29.1 Å². The zero-order valence-corrected chi connectivity index (χ0v) is 21.6. The Morgan fingerprint density at radius 1 is 1.17 bits per heavy atom. The van der Waals surface area contributed by atoms with E-state index < -0.39 is 0 Å². The lowest BCUT2D eigenvalue weighted by atomic mass is 10.1. The molecule has 0 aromatic carbocycles. The third-order valence-electron chi connectivity index (χ3n) is 7.08. The Labute approximate surface area is 212 Å². The van der Waals surface area contributed by atoms with Crippen molar-refractivity contribution in [1.29, 1.82) is 0 Å². The number of rotatable bonds is 10. The first-order valence-corrected chi connectivity index (χ1v) is 13.7. The van der Waals surface area contributed by atoms with Gasteiger partial charge in [-0.05, 0) is 55.4 Å². The normalized spacial score (nSPS) is 17.5. The fourth-order valence-corrected chi connectivity index (χ4v) is 5.54. The molecule has 2 aliphatic rings. The van der Waals surface area contributed by atoms with Crippen molar-refractivity contribution >= 4 is 28.8 Å². The number of ketones is 1. The molecule has 0 spiro atoms. The summed E-state index contributed by atoms with van der Waals surface area (Å²) in [6.45, 7) is 6.55. The van der Waals surface area contributed by atoms with Gasteiger partial charge in [0.2, 0.25) is 0 Å². The maximum atomic E-state index is 13.1. The van der Waals surface area contributed by atoms with Crippen LogP contribution in [-0.4, -0.2) is 83.9 Å². The Hall–Kier alpha value is -2.49. The molecule has 35 heavy (non-hydrogen) atoms. The number of nitrogens with zero attached hydrogens (tertiary/aromatic N) is 4. The van der Waals surface area contributed by atoms with Crippen LogP contribution < -0.4 is 11.1 Å². The van der Waals surface area contributed by atoms with E-state index >= 15 is 0 Å². The van der Waals surface area contributed by atoms with Crippen molar-refractivity contribution in [2.45, 2.75) is 51.1 Å². The molecule has 3 heterocycles. The third kappa shape index (κ3) is 7.49. The number of carbonyl (C=O) groups is 2. The number of carbonyl (C=O) groups excluding carboxylic acids is 2. The van der Waals surface area contributed by atoms with Gasteiger partial charge in [-0.1, -0.05) is 18.9 Å². The number of pyridine rings is 1. The summed E-state index contributed by atoms with van der Waals surface area (Å²) in [5.74, 6) is -0.0512.